The van der Waals surface area contributed by atoms with Crippen molar-refractivity contribution in [3.05, 3.63) is 53.1 Å². The van der Waals surface area contributed by atoms with Crippen LogP contribution in [0.25, 0.3) is 22.6 Å². The average molecular weight is 382 g/mol. The molecule has 1 aromatic heterocycles. The molecule has 3 aliphatic rings. The summed E-state index contributed by atoms with van der Waals surface area (Å²) in [6.07, 6.45) is 2.30. The van der Waals surface area contributed by atoms with E-state index in [0.717, 1.165) is 38.0 Å². The highest BCUT2D eigenvalue weighted by Crippen LogP contribution is 2.31. The van der Waals surface area contributed by atoms with Gasteiger partial charge in [-0.15, -0.1) is 0 Å². The first kappa shape index (κ1) is 16.8. The first-order chi connectivity index (χ1) is 13.2. The molecule has 3 saturated heterocycles. The Balaban J connectivity index is 1.48. The minimum Gasteiger partial charge on any atom is -0.436 e. The van der Waals surface area contributed by atoms with Gasteiger partial charge in [0.15, 0.2) is 5.58 Å². The Morgan fingerprint density at radius 1 is 1.19 bits per heavy atom. The van der Waals surface area contributed by atoms with Gasteiger partial charge in [0.25, 0.3) is 5.91 Å². The molecular weight excluding hydrogens is 362 g/mol. The third kappa shape index (κ3) is 3.11. The van der Waals surface area contributed by atoms with E-state index in [1.54, 1.807) is 12.1 Å². The molecule has 3 aliphatic heterocycles. The molecule has 1 amide bonds. The molecule has 1 atom stereocenters. The topological polar surface area (TPSA) is 58.4 Å². The van der Waals surface area contributed by atoms with E-state index < -0.39 is 0 Å². The van der Waals surface area contributed by atoms with Gasteiger partial charge in [0.2, 0.25) is 5.89 Å². The van der Waals surface area contributed by atoms with Crippen LogP contribution in [-0.2, 0) is 0 Å². The Kier molecular flexibility index (Phi) is 4.14. The summed E-state index contributed by atoms with van der Waals surface area (Å²) in [6, 6.07) is 13.2. The minimum absolute atomic E-state index is 0.130. The third-order valence-electron chi connectivity index (χ3n) is 5.70. The molecule has 5 nitrogen and oxygen atoms in total. The van der Waals surface area contributed by atoms with Crippen molar-refractivity contribution < 1.29 is 9.21 Å². The number of hydrogen-bond donors (Lipinski definition) is 1. The highest BCUT2D eigenvalue weighted by Gasteiger charge is 2.35. The van der Waals surface area contributed by atoms with Crippen molar-refractivity contribution in [1.82, 2.24) is 15.2 Å². The Morgan fingerprint density at radius 3 is 2.67 bits per heavy atom. The molecule has 0 spiro atoms. The second kappa shape index (κ2) is 6.66. The highest BCUT2D eigenvalue weighted by atomic mass is 35.5. The summed E-state index contributed by atoms with van der Waals surface area (Å²) in [4.78, 5) is 20.0. The highest BCUT2D eigenvalue weighted by molar-refractivity contribution is 6.32. The van der Waals surface area contributed by atoms with Crippen LogP contribution in [0.1, 0.15) is 23.2 Å². The summed E-state index contributed by atoms with van der Waals surface area (Å²) in [5.74, 6) is 0.921. The molecule has 1 unspecified atom stereocenters. The number of nitrogens with zero attached hydrogens (tertiary/aromatic N) is 2. The lowest BCUT2D eigenvalue weighted by Gasteiger charge is -2.44. The van der Waals surface area contributed by atoms with Crippen LogP contribution in [0.3, 0.4) is 0 Å². The van der Waals surface area contributed by atoms with E-state index in [4.69, 9.17) is 16.0 Å². The molecule has 6 rings (SSSR count). The van der Waals surface area contributed by atoms with Crippen LogP contribution in [0.5, 0.6) is 0 Å². The predicted octanol–water partition coefficient (Wildman–Crippen LogP) is 3.97. The number of fused-ring (bicyclic) bond motifs is 4. The Hall–Kier alpha value is -2.37. The first-order valence-electron chi connectivity index (χ1n) is 9.36. The second-order valence-corrected chi connectivity index (χ2v) is 7.84. The first-order valence-corrected chi connectivity index (χ1v) is 9.74. The second-order valence-electron chi connectivity index (χ2n) is 7.40. The van der Waals surface area contributed by atoms with E-state index in [-0.39, 0.29) is 11.9 Å². The molecule has 6 heteroatoms. The largest absolute Gasteiger partial charge is 0.436 e. The molecule has 1 N–H and O–H groups in total. The van der Waals surface area contributed by atoms with Gasteiger partial charge in [-0.25, -0.2) is 4.98 Å². The van der Waals surface area contributed by atoms with E-state index in [1.807, 2.05) is 30.3 Å². The number of carbonyl (C=O) groups is 1. The summed E-state index contributed by atoms with van der Waals surface area (Å²) in [5.41, 5.74) is 2.42. The maximum Gasteiger partial charge on any atom is 0.253 e. The van der Waals surface area contributed by atoms with Gasteiger partial charge in [0.1, 0.15) is 5.52 Å². The summed E-state index contributed by atoms with van der Waals surface area (Å²) in [7, 11) is 0. The number of halogens is 1. The van der Waals surface area contributed by atoms with E-state index in [0.29, 0.717) is 33.5 Å². The lowest BCUT2D eigenvalue weighted by molar-refractivity contribution is 0.0621. The molecule has 2 aromatic carbocycles. The number of rotatable bonds is 3. The fourth-order valence-corrected chi connectivity index (χ4v) is 4.46. The van der Waals surface area contributed by atoms with Crippen LogP contribution in [0, 0.1) is 5.92 Å². The molecule has 0 saturated carbocycles. The van der Waals surface area contributed by atoms with Crippen molar-refractivity contribution in [1.29, 1.82) is 0 Å². The standard InChI is InChI=1S/C21H20ClN3O2/c22-15-10-16(20(26)23-17-12-25-8-6-13(17)7-9-25)19-18(11-15)27-21(24-19)14-4-2-1-3-5-14/h1-5,10-11,13,17H,6-9,12H2,(H,23,26). The van der Waals surface area contributed by atoms with Crippen molar-refractivity contribution in [3.63, 3.8) is 0 Å². The molecule has 4 heterocycles. The van der Waals surface area contributed by atoms with E-state index in [9.17, 15) is 4.79 Å². The zero-order valence-electron chi connectivity index (χ0n) is 14.8. The Bertz CT molecular complexity index is 993. The fraction of sp³-hybridized carbons (Fsp3) is 0.333. The van der Waals surface area contributed by atoms with Crippen LogP contribution in [0.4, 0.5) is 0 Å². The zero-order chi connectivity index (χ0) is 18.4. The fourth-order valence-electron chi connectivity index (χ4n) is 4.25. The number of hydrogen-bond acceptors (Lipinski definition) is 4. The monoisotopic (exact) mass is 381 g/mol. The molecule has 3 aromatic rings. The molecule has 138 valence electrons. The van der Waals surface area contributed by atoms with Gasteiger partial charge in [0, 0.05) is 29.2 Å². The summed E-state index contributed by atoms with van der Waals surface area (Å²) in [5, 5.41) is 3.68. The number of amides is 1. The van der Waals surface area contributed by atoms with Crippen LogP contribution >= 0.6 is 11.6 Å². The molecule has 0 radical (unpaired) electrons. The third-order valence-corrected chi connectivity index (χ3v) is 5.92. The predicted molar refractivity (Wildman–Crippen MR) is 105 cm³/mol. The number of benzene rings is 2. The van der Waals surface area contributed by atoms with Crippen LogP contribution in [-0.4, -0.2) is 41.5 Å². The van der Waals surface area contributed by atoms with E-state index in [1.165, 1.54) is 0 Å². The van der Waals surface area contributed by atoms with Crippen molar-refractivity contribution in [2.75, 3.05) is 19.6 Å². The lowest BCUT2D eigenvalue weighted by atomic mass is 9.84. The molecule has 3 fully saturated rings. The minimum atomic E-state index is -0.130. The summed E-state index contributed by atoms with van der Waals surface area (Å²) in [6.45, 7) is 3.21. The molecular formula is C21H20ClN3O2. The van der Waals surface area contributed by atoms with Gasteiger partial charge in [-0.3, -0.25) is 4.79 Å². The van der Waals surface area contributed by atoms with Gasteiger partial charge in [-0.2, -0.15) is 0 Å². The SMILES string of the molecule is O=C(NC1CN2CCC1CC2)c1cc(Cl)cc2oc(-c3ccccc3)nc12. The van der Waals surface area contributed by atoms with Gasteiger partial charge < -0.3 is 14.6 Å². The van der Waals surface area contributed by atoms with Crippen LogP contribution in [0.15, 0.2) is 46.9 Å². The number of carbonyl (C=O) groups excluding carboxylic acids is 1. The van der Waals surface area contributed by atoms with Gasteiger partial charge in [0.05, 0.1) is 5.56 Å². The normalized spacial score (nSPS) is 24.3. The maximum absolute atomic E-state index is 13.0. The van der Waals surface area contributed by atoms with Gasteiger partial charge >= 0.3 is 0 Å². The zero-order valence-corrected chi connectivity index (χ0v) is 15.6. The van der Waals surface area contributed by atoms with Crippen LogP contribution < -0.4 is 5.32 Å². The smallest absolute Gasteiger partial charge is 0.253 e. The Morgan fingerprint density at radius 2 is 1.96 bits per heavy atom. The van der Waals surface area contributed by atoms with Crippen molar-refractivity contribution in [2.24, 2.45) is 5.92 Å². The van der Waals surface area contributed by atoms with Crippen molar-refractivity contribution in [2.45, 2.75) is 18.9 Å². The van der Waals surface area contributed by atoms with Crippen molar-refractivity contribution in [3.8, 4) is 11.5 Å². The molecule has 2 bridgehead atoms. The van der Waals surface area contributed by atoms with E-state index >= 15 is 0 Å². The molecule has 0 aliphatic carbocycles. The maximum atomic E-state index is 13.0. The average Bonchev–Trinajstić information content (AvgIpc) is 3.13. The van der Waals surface area contributed by atoms with Gasteiger partial charge in [-0.1, -0.05) is 29.8 Å². The Labute approximate surface area is 162 Å². The van der Waals surface area contributed by atoms with Crippen LogP contribution in [0.2, 0.25) is 5.02 Å². The molecule has 27 heavy (non-hydrogen) atoms. The number of piperidine rings is 3. The number of oxazole rings is 1. The number of aromatic nitrogens is 1. The quantitative estimate of drug-likeness (QED) is 0.745. The lowest BCUT2D eigenvalue weighted by Crippen LogP contribution is -2.57. The summed E-state index contributed by atoms with van der Waals surface area (Å²) >= 11 is 6.25. The summed E-state index contributed by atoms with van der Waals surface area (Å²) < 4.78 is 5.88. The van der Waals surface area contributed by atoms with Gasteiger partial charge in [-0.05, 0) is 50.0 Å². The number of nitrogens with one attached hydrogen (secondary N) is 1. The van der Waals surface area contributed by atoms with E-state index in [2.05, 4.69) is 15.2 Å². The van der Waals surface area contributed by atoms with Crippen molar-refractivity contribution >= 4 is 28.6 Å².